The maximum Gasteiger partial charge on any atom is 0.317 e. The van der Waals surface area contributed by atoms with Gasteiger partial charge in [-0.3, -0.25) is 4.90 Å². The first-order chi connectivity index (χ1) is 9.83. The third-order valence-corrected chi connectivity index (χ3v) is 5.29. The van der Waals surface area contributed by atoms with Gasteiger partial charge in [0.2, 0.25) is 0 Å². The van der Waals surface area contributed by atoms with Crippen LogP contribution in [0.4, 0.5) is 4.79 Å². The summed E-state index contributed by atoms with van der Waals surface area (Å²) in [6, 6.07) is 1.24. The summed E-state index contributed by atoms with van der Waals surface area (Å²) in [5.74, 6) is 0. The average molecular weight is 279 g/mol. The van der Waals surface area contributed by atoms with Crippen molar-refractivity contribution in [3.05, 3.63) is 0 Å². The normalized spacial score (nSPS) is 29.6. The third-order valence-electron chi connectivity index (χ3n) is 5.29. The van der Waals surface area contributed by atoms with Crippen LogP contribution in [-0.4, -0.2) is 54.1 Å². The largest absolute Gasteiger partial charge is 0.335 e. The van der Waals surface area contributed by atoms with Crippen LogP contribution in [0.3, 0.4) is 0 Å². The SMILES string of the molecule is O=C(NC1CCCCC1)N1CCC(N2CCCCC2)C1. The lowest BCUT2D eigenvalue weighted by molar-refractivity contribution is 0.160. The molecule has 2 aliphatic heterocycles. The Kier molecular flexibility index (Phi) is 4.81. The number of carbonyl (C=O) groups is 1. The highest BCUT2D eigenvalue weighted by atomic mass is 16.2. The molecule has 0 aromatic heterocycles. The average Bonchev–Trinajstić information content (AvgIpc) is 2.99. The monoisotopic (exact) mass is 279 g/mol. The number of nitrogens with zero attached hydrogens (tertiary/aromatic N) is 2. The Labute approximate surface area is 122 Å². The summed E-state index contributed by atoms with van der Waals surface area (Å²) in [7, 11) is 0. The number of urea groups is 1. The van der Waals surface area contributed by atoms with Crippen molar-refractivity contribution in [2.24, 2.45) is 0 Å². The van der Waals surface area contributed by atoms with E-state index in [-0.39, 0.29) is 6.03 Å². The second-order valence-electron chi connectivity index (χ2n) is 6.77. The second kappa shape index (κ2) is 6.79. The van der Waals surface area contributed by atoms with Crippen LogP contribution in [0.5, 0.6) is 0 Å². The minimum Gasteiger partial charge on any atom is -0.335 e. The smallest absolute Gasteiger partial charge is 0.317 e. The molecule has 1 saturated carbocycles. The van der Waals surface area contributed by atoms with Gasteiger partial charge in [-0.2, -0.15) is 0 Å². The van der Waals surface area contributed by atoms with Crippen LogP contribution < -0.4 is 5.32 Å². The van der Waals surface area contributed by atoms with Crippen LogP contribution in [0.25, 0.3) is 0 Å². The number of hydrogen-bond donors (Lipinski definition) is 1. The topological polar surface area (TPSA) is 35.6 Å². The summed E-state index contributed by atoms with van der Waals surface area (Å²) in [4.78, 5) is 17.0. The van der Waals surface area contributed by atoms with Crippen molar-refractivity contribution < 1.29 is 4.79 Å². The summed E-state index contributed by atoms with van der Waals surface area (Å²) in [5, 5.41) is 3.25. The summed E-state index contributed by atoms with van der Waals surface area (Å²) < 4.78 is 0. The number of likely N-dealkylation sites (tertiary alicyclic amines) is 2. The summed E-state index contributed by atoms with van der Waals surface area (Å²) in [6.07, 6.45) is 11.5. The molecule has 3 rings (SSSR count). The van der Waals surface area contributed by atoms with Crippen molar-refractivity contribution in [3.8, 4) is 0 Å². The Hall–Kier alpha value is -0.770. The Balaban J connectivity index is 1.45. The van der Waals surface area contributed by atoms with E-state index in [1.54, 1.807) is 0 Å². The summed E-state index contributed by atoms with van der Waals surface area (Å²) in [6.45, 7) is 4.36. The molecule has 2 amide bonds. The van der Waals surface area contributed by atoms with E-state index < -0.39 is 0 Å². The zero-order chi connectivity index (χ0) is 13.8. The quantitative estimate of drug-likeness (QED) is 0.843. The molecule has 1 N–H and O–H groups in total. The van der Waals surface area contributed by atoms with Crippen molar-refractivity contribution >= 4 is 6.03 Å². The molecular weight excluding hydrogens is 250 g/mol. The maximum absolute atomic E-state index is 12.3. The Morgan fingerprint density at radius 1 is 0.850 bits per heavy atom. The molecule has 3 aliphatic rings. The molecule has 4 nitrogen and oxygen atoms in total. The van der Waals surface area contributed by atoms with Crippen LogP contribution in [0.1, 0.15) is 57.8 Å². The standard InChI is InChI=1S/C16H29N3O/c20-16(17-14-7-3-1-4-8-14)19-12-9-15(13-19)18-10-5-2-6-11-18/h14-15H,1-13H2,(H,17,20). The lowest BCUT2D eigenvalue weighted by atomic mass is 9.96. The first kappa shape index (κ1) is 14.2. The summed E-state index contributed by atoms with van der Waals surface area (Å²) >= 11 is 0. The van der Waals surface area contributed by atoms with Gasteiger partial charge in [0.25, 0.3) is 0 Å². The molecule has 3 fully saturated rings. The van der Waals surface area contributed by atoms with Gasteiger partial charge in [-0.25, -0.2) is 4.79 Å². The van der Waals surface area contributed by atoms with Crippen molar-refractivity contribution in [3.63, 3.8) is 0 Å². The highest BCUT2D eigenvalue weighted by molar-refractivity contribution is 5.74. The molecule has 1 atom stereocenters. The molecule has 20 heavy (non-hydrogen) atoms. The van der Waals surface area contributed by atoms with E-state index in [1.807, 2.05) is 4.90 Å². The minimum absolute atomic E-state index is 0.191. The first-order valence-corrected chi connectivity index (χ1v) is 8.62. The predicted octanol–water partition coefficient (Wildman–Crippen LogP) is 2.59. The van der Waals surface area contributed by atoms with Gasteiger partial charge in [0.05, 0.1) is 0 Å². The van der Waals surface area contributed by atoms with Crippen LogP contribution in [-0.2, 0) is 0 Å². The molecule has 0 aromatic rings. The molecule has 2 saturated heterocycles. The lowest BCUT2D eigenvalue weighted by Gasteiger charge is -2.32. The minimum atomic E-state index is 0.191. The predicted molar refractivity (Wildman–Crippen MR) is 80.8 cm³/mol. The molecule has 0 radical (unpaired) electrons. The molecule has 1 unspecified atom stereocenters. The molecule has 0 bridgehead atoms. The fraction of sp³-hybridized carbons (Fsp3) is 0.938. The van der Waals surface area contributed by atoms with E-state index in [0.717, 1.165) is 19.5 Å². The Morgan fingerprint density at radius 3 is 2.30 bits per heavy atom. The number of nitrogens with one attached hydrogen (secondary N) is 1. The molecule has 4 heteroatoms. The molecule has 2 heterocycles. The lowest BCUT2D eigenvalue weighted by Crippen LogP contribution is -2.46. The van der Waals surface area contributed by atoms with Gasteiger partial charge in [0.1, 0.15) is 0 Å². The number of hydrogen-bond acceptors (Lipinski definition) is 2. The van der Waals surface area contributed by atoms with E-state index in [0.29, 0.717) is 12.1 Å². The van der Waals surface area contributed by atoms with E-state index >= 15 is 0 Å². The van der Waals surface area contributed by atoms with Crippen LogP contribution in [0.15, 0.2) is 0 Å². The zero-order valence-electron chi connectivity index (χ0n) is 12.6. The van der Waals surface area contributed by atoms with Crippen LogP contribution in [0.2, 0.25) is 0 Å². The molecule has 0 aromatic carbocycles. The fourth-order valence-corrected chi connectivity index (χ4v) is 4.02. The molecule has 114 valence electrons. The third kappa shape index (κ3) is 3.46. The highest BCUT2D eigenvalue weighted by Gasteiger charge is 2.31. The Morgan fingerprint density at radius 2 is 1.55 bits per heavy atom. The van der Waals surface area contributed by atoms with Gasteiger partial charge in [0.15, 0.2) is 0 Å². The van der Waals surface area contributed by atoms with Gasteiger partial charge < -0.3 is 10.2 Å². The second-order valence-corrected chi connectivity index (χ2v) is 6.77. The van der Waals surface area contributed by atoms with E-state index in [9.17, 15) is 4.79 Å². The number of rotatable bonds is 2. The molecular formula is C16H29N3O. The van der Waals surface area contributed by atoms with Gasteiger partial charge in [-0.05, 0) is 45.2 Å². The Bertz CT molecular complexity index is 322. The first-order valence-electron chi connectivity index (χ1n) is 8.62. The van der Waals surface area contributed by atoms with E-state index in [1.165, 1.54) is 64.5 Å². The van der Waals surface area contributed by atoms with E-state index in [2.05, 4.69) is 10.2 Å². The highest BCUT2D eigenvalue weighted by Crippen LogP contribution is 2.21. The maximum atomic E-state index is 12.3. The molecule has 0 spiro atoms. The van der Waals surface area contributed by atoms with Gasteiger partial charge >= 0.3 is 6.03 Å². The number of carbonyl (C=O) groups excluding carboxylic acids is 1. The van der Waals surface area contributed by atoms with Crippen molar-refractivity contribution in [2.75, 3.05) is 26.2 Å². The number of amides is 2. The van der Waals surface area contributed by atoms with Gasteiger partial charge in [-0.1, -0.05) is 25.7 Å². The van der Waals surface area contributed by atoms with Gasteiger partial charge in [-0.15, -0.1) is 0 Å². The zero-order valence-corrected chi connectivity index (χ0v) is 12.6. The van der Waals surface area contributed by atoms with Crippen molar-refractivity contribution in [2.45, 2.75) is 69.9 Å². The molecule has 1 aliphatic carbocycles. The van der Waals surface area contributed by atoms with Crippen LogP contribution in [0, 0.1) is 0 Å². The van der Waals surface area contributed by atoms with Crippen LogP contribution >= 0.6 is 0 Å². The summed E-state index contributed by atoms with van der Waals surface area (Å²) in [5.41, 5.74) is 0. The fourth-order valence-electron chi connectivity index (χ4n) is 4.02. The van der Waals surface area contributed by atoms with E-state index in [4.69, 9.17) is 0 Å². The van der Waals surface area contributed by atoms with Gasteiger partial charge in [0, 0.05) is 25.2 Å². The van der Waals surface area contributed by atoms with Crippen molar-refractivity contribution in [1.82, 2.24) is 15.1 Å². The number of piperidine rings is 1. The van der Waals surface area contributed by atoms with Crippen molar-refractivity contribution in [1.29, 1.82) is 0 Å².